The molecule has 1 aliphatic rings. The fourth-order valence-electron chi connectivity index (χ4n) is 2.04. The average molecular weight is 295 g/mol. The Morgan fingerprint density at radius 2 is 1.95 bits per heavy atom. The van der Waals surface area contributed by atoms with Crippen molar-refractivity contribution in [3.8, 4) is 0 Å². The molecule has 2 rings (SSSR count). The monoisotopic (exact) mass is 294 g/mol. The van der Waals surface area contributed by atoms with Gasteiger partial charge in [-0.3, -0.25) is 19.3 Å². The Bertz CT molecular complexity index is 529. The van der Waals surface area contributed by atoms with Crippen LogP contribution in [0.1, 0.15) is 18.4 Å². The lowest BCUT2D eigenvalue weighted by Crippen LogP contribution is -2.40. The van der Waals surface area contributed by atoms with Crippen LogP contribution in [0.25, 0.3) is 0 Å². The molecule has 1 aliphatic heterocycles. The number of carbonyl (C=O) groups is 3. The first-order valence-electron chi connectivity index (χ1n) is 6.40. The second-order valence-corrected chi connectivity index (χ2v) is 5.04. The lowest BCUT2D eigenvalue weighted by Gasteiger charge is -2.13. The summed E-state index contributed by atoms with van der Waals surface area (Å²) >= 11 is 5.86. The zero-order chi connectivity index (χ0) is 14.5. The van der Waals surface area contributed by atoms with Crippen LogP contribution in [0.4, 0.5) is 0 Å². The maximum Gasteiger partial charge on any atom is 0.240 e. The van der Waals surface area contributed by atoms with Crippen LogP contribution in [0.5, 0.6) is 0 Å². The minimum Gasteiger partial charge on any atom is -0.354 e. The molecular weight excluding hydrogens is 280 g/mol. The number of nitrogens with zero attached hydrogens (tertiary/aromatic N) is 1. The predicted molar refractivity (Wildman–Crippen MR) is 74.1 cm³/mol. The third kappa shape index (κ3) is 3.81. The molecule has 0 saturated carbocycles. The lowest BCUT2D eigenvalue weighted by molar-refractivity contribution is -0.142. The van der Waals surface area contributed by atoms with Gasteiger partial charge in [-0.05, 0) is 24.1 Å². The van der Waals surface area contributed by atoms with Gasteiger partial charge in [-0.25, -0.2) is 0 Å². The van der Waals surface area contributed by atoms with Gasteiger partial charge < -0.3 is 5.32 Å². The molecule has 0 aromatic heterocycles. The molecule has 106 valence electrons. The standard InChI is InChI=1S/C14H15ClN2O3/c15-11-3-1-2-10(8-11)6-7-16-12(18)9-17-13(19)4-5-14(17)20/h1-3,8H,4-7,9H2,(H,16,18). The summed E-state index contributed by atoms with van der Waals surface area (Å²) in [5.41, 5.74) is 1.02. The quantitative estimate of drug-likeness (QED) is 0.828. The number of rotatable bonds is 5. The summed E-state index contributed by atoms with van der Waals surface area (Å²) in [5, 5.41) is 3.35. The Hall–Kier alpha value is -1.88. The van der Waals surface area contributed by atoms with Gasteiger partial charge in [0.1, 0.15) is 6.54 Å². The molecule has 0 radical (unpaired) electrons. The molecule has 1 aromatic rings. The van der Waals surface area contributed by atoms with E-state index in [4.69, 9.17) is 11.6 Å². The third-order valence-corrected chi connectivity index (χ3v) is 3.32. The molecule has 1 saturated heterocycles. The van der Waals surface area contributed by atoms with Crippen molar-refractivity contribution in [2.45, 2.75) is 19.3 Å². The van der Waals surface area contributed by atoms with Gasteiger partial charge in [-0.2, -0.15) is 0 Å². The van der Waals surface area contributed by atoms with Gasteiger partial charge in [0, 0.05) is 24.4 Å². The number of hydrogen-bond donors (Lipinski definition) is 1. The second kappa shape index (κ2) is 6.52. The molecule has 3 amide bonds. The van der Waals surface area contributed by atoms with Crippen molar-refractivity contribution < 1.29 is 14.4 Å². The molecule has 0 aliphatic carbocycles. The number of hydrogen-bond acceptors (Lipinski definition) is 3. The van der Waals surface area contributed by atoms with Gasteiger partial charge in [-0.1, -0.05) is 23.7 Å². The van der Waals surface area contributed by atoms with E-state index < -0.39 is 0 Å². The summed E-state index contributed by atoms with van der Waals surface area (Å²) < 4.78 is 0. The van der Waals surface area contributed by atoms with Crippen LogP contribution in [0.3, 0.4) is 0 Å². The molecule has 5 nitrogen and oxygen atoms in total. The first kappa shape index (κ1) is 14.5. The van der Waals surface area contributed by atoms with Crippen LogP contribution >= 0.6 is 11.6 Å². The number of likely N-dealkylation sites (tertiary alicyclic amines) is 1. The largest absolute Gasteiger partial charge is 0.354 e. The molecule has 0 atom stereocenters. The minimum absolute atomic E-state index is 0.187. The maximum atomic E-state index is 11.7. The van der Waals surface area contributed by atoms with E-state index in [0.29, 0.717) is 18.0 Å². The van der Waals surface area contributed by atoms with Crippen LogP contribution in [0.2, 0.25) is 5.02 Å². The zero-order valence-electron chi connectivity index (χ0n) is 10.9. The van der Waals surface area contributed by atoms with Crippen LogP contribution in [-0.4, -0.2) is 35.7 Å². The molecule has 1 fully saturated rings. The number of benzene rings is 1. The Balaban J connectivity index is 1.75. The summed E-state index contributed by atoms with van der Waals surface area (Å²) in [6.07, 6.45) is 1.05. The SMILES string of the molecule is O=C(CN1C(=O)CCC1=O)NCCc1cccc(Cl)c1. The molecule has 1 heterocycles. The van der Waals surface area contributed by atoms with Crippen LogP contribution < -0.4 is 5.32 Å². The van der Waals surface area contributed by atoms with Gasteiger partial charge in [0.2, 0.25) is 17.7 Å². The lowest BCUT2D eigenvalue weighted by atomic mass is 10.1. The van der Waals surface area contributed by atoms with E-state index in [1.54, 1.807) is 6.07 Å². The van der Waals surface area contributed by atoms with E-state index >= 15 is 0 Å². The molecular formula is C14H15ClN2O3. The van der Waals surface area contributed by atoms with E-state index in [0.717, 1.165) is 10.5 Å². The second-order valence-electron chi connectivity index (χ2n) is 4.60. The maximum absolute atomic E-state index is 11.7. The Morgan fingerprint density at radius 1 is 1.25 bits per heavy atom. The van der Waals surface area contributed by atoms with Gasteiger partial charge >= 0.3 is 0 Å². The van der Waals surface area contributed by atoms with E-state index in [2.05, 4.69) is 5.32 Å². The van der Waals surface area contributed by atoms with E-state index in [9.17, 15) is 14.4 Å². The van der Waals surface area contributed by atoms with Crippen molar-refractivity contribution in [3.63, 3.8) is 0 Å². The fraction of sp³-hybridized carbons (Fsp3) is 0.357. The van der Waals surface area contributed by atoms with Crippen molar-refractivity contribution in [2.75, 3.05) is 13.1 Å². The molecule has 1 aromatic carbocycles. The van der Waals surface area contributed by atoms with Crippen molar-refractivity contribution in [1.82, 2.24) is 10.2 Å². The first-order valence-corrected chi connectivity index (χ1v) is 6.78. The van der Waals surface area contributed by atoms with E-state index in [1.165, 1.54) is 0 Å². The topological polar surface area (TPSA) is 66.5 Å². The van der Waals surface area contributed by atoms with Gasteiger partial charge in [0.05, 0.1) is 0 Å². The Labute approximate surface area is 121 Å². The number of nitrogens with one attached hydrogen (secondary N) is 1. The summed E-state index contributed by atoms with van der Waals surface area (Å²) in [6.45, 7) is 0.253. The highest BCUT2D eigenvalue weighted by molar-refractivity contribution is 6.30. The van der Waals surface area contributed by atoms with Crippen LogP contribution in [0.15, 0.2) is 24.3 Å². The smallest absolute Gasteiger partial charge is 0.240 e. The molecule has 6 heteroatoms. The highest BCUT2D eigenvalue weighted by Crippen LogP contribution is 2.11. The molecule has 0 spiro atoms. The van der Waals surface area contributed by atoms with Crippen molar-refractivity contribution in [1.29, 1.82) is 0 Å². The summed E-state index contributed by atoms with van der Waals surface area (Å²) in [6, 6.07) is 7.39. The van der Waals surface area contributed by atoms with Crippen molar-refractivity contribution in [2.24, 2.45) is 0 Å². The van der Waals surface area contributed by atoms with E-state index in [-0.39, 0.29) is 37.1 Å². The summed E-state index contributed by atoms with van der Waals surface area (Å²) in [4.78, 5) is 35.4. The van der Waals surface area contributed by atoms with E-state index in [1.807, 2.05) is 18.2 Å². The number of imide groups is 1. The zero-order valence-corrected chi connectivity index (χ0v) is 11.7. The van der Waals surface area contributed by atoms with Crippen LogP contribution in [0, 0.1) is 0 Å². The number of amides is 3. The highest BCUT2D eigenvalue weighted by Gasteiger charge is 2.30. The highest BCUT2D eigenvalue weighted by atomic mass is 35.5. The Kier molecular flexibility index (Phi) is 4.74. The fourth-order valence-corrected chi connectivity index (χ4v) is 2.25. The minimum atomic E-state index is -0.323. The van der Waals surface area contributed by atoms with Gasteiger partial charge in [-0.15, -0.1) is 0 Å². The number of halogens is 1. The van der Waals surface area contributed by atoms with Gasteiger partial charge in [0.25, 0.3) is 0 Å². The summed E-state index contributed by atoms with van der Waals surface area (Å²) in [5.74, 6) is -0.879. The number of carbonyl (C=O) groups excluding carboxylic acids is 3. The Morgan fingerprint density at radius 3 is 2.60 bits per heavy atom. The first-order chi connectivity index (χ1) is 9.56. The van der Waals surface area contributed by atoms with Gasteiger partial charge in [0.15, 0.2) is 0 Å². The van der Waals surface area contributed by atoms with Crippen molar-refractivity contribution in [3.05, 3.63) is 34.9 Å². The molecule has 1 N–H and O–H groups in total. The molecule has 0 bridgehead atoms. The normalized spacial score (nSPS) is 14.8. The third-order valence-electron chi connectivity index (χ3n) is 3.08. The van der Waals surface area contributed by atoms with Crippen molar-refractivity contribution >= 4 is 29.3 Å². The summed E-state index contributed by atoms with van der Waals surface area (Å²) in [7, 11) is 0. The average Bonchev–Trinajstić information content (AvgIpc) is 2.71. The molecule has 0 unspecified atom stereocenters. The predicted octanol–water partition coefficient (Wildman–Crippen LogP) is 1.15. The van der Waals surface area contributed by atoms with Crippen LogP contribution in [-0.2, 0) is 20.8 Å². The molecule has 20 heavy (non-hydrogen) atoms.